The van der Waals surface area contributed by atoms with Gasteiger partial charge < -0.3 is 9.88 Å². The summed E-state index contributed by atoms with van der Waals surface area (Å²) in [7, 11) is 1.93. The Morgan fingerprint density at radius 2 is 2.00 bits per heavy atom. The van der Waals surface area contributed by atoms with Crippen molar-refractivity contribution >= 4 is 16.8 Å². The molecule has 0 aliphatic heterocycles. The van der Waals surface area contributed by atoms with E-state index in [9.17, 15) is 4.79 Å². The number of rotatable bonds is 3. The number of fused-ring (bicyclic) bond motifs is 1. The van der Waals surface area contributed by atoms with E-state index in [1.807, 2.05) is 30.1 Å². The van der Waals surface area contributed by atoms with Crippen molar-refractivity contribution in [2.24, 2.45) is 5.92 Å². The number of nitrogens with one attached hydrogen (secondary N) is 1. The van der Waals surface area contributed by atoms with Gasteiger partial charge in [0.05, 0.1) is 0 Å². The van der Waals surface area contributed by atoms with Crippen LogP contribution in [0.3, 0.4) is 0 Å². The topological polar surface area (TPSA) is 36.1 Å². The van der Waals surface area contributed by atoms with E-state index >= 15 is 0 Å². The van der Waals surface area contributed by atoms with Gasteiger partial charge in [-0.3, -0.25) is 4.79 Å². The molecule has 1 amide bonds. The molecule has 0 atom stereocenters. The average molecular weight is 284 g/mol. The molecule has 1 N–H and O–H groups in total. The molecule has 3 heteroatoms. The number of nitrogens with zero attached hydrogens (tertiary/aromatic N) is 1. The van der Waals surface area contributed by atoms with Gasteiger partial charge in [0.15, 0.2) is 0 Å². The molecule has 1 aliphatic carbocycles. The predicted octanol–water partition coefficient (Wildman–Crippen LogP) is 4.05. The molecule has 1 fully saturated rings. The summed E-state index contributed by atoms with van der Waals surface area (Å²) in [6, 6.07) is 5.98. The molecule has 1 aromatic carbocycles. The van der Waals surface area contributed by atoms with Crippen LogP contribution < -0.4 is 0 Å². The van der Waals surface area contributed by atoms with E-state index in [2.05, 4.69) is 18.8 Å². The summed E-state index contributed by atoms with van der Waals surface area (Å²) in [5.74, 6) is 0.834. The molecule has 1 saturated carbocycles. The first-order valence-corrected chi connectivity index (χ1v) is 7.90. The number of carbonyl (C=O) groups is 1. The van der Waals surface area contributed by atoms with Crippen molar-refractivity contribution in [1.29, 1.82) is 0 Å². The standard InChI is InChI=1S/C18H24N2O/c1-12-13(2)19-17-9-8-15(10-16(12)17)18(21)20(3)11-14-6-4-5-7-14/h8-10,14,19H,4-7,11H2,1-3H3. The summed E-state index contributed by atoms with van der Waals surface area (Å²) in [5.41, 5.74) is 4.32. The van der Waals surface area contributed by atoms with Gasteiger partial charge in [-0.1, -0.05) is 12.8 Å². The lowest BCUT2D eigenvalue weighted by molar-refractivity contribution is 0.0773. The summed E-state index contributed by atoms with van der Waals surface area (Å²) in [6.07, 6.45) is 5.18. The Balaban J connectivity index is 1.81. The van der Waals surface area contributed by atoms with Crippen LogP contribution in [0.15, 0.2) is 18.2 Å². The second-order valence-electron chi connectivity index (χ2n) is 6.47. The van der Waals surface area contributed by atoms with Crippen LogP contribution in [0.4, 0.5) is 0 Å². The number of benzene rings is 1. The van der Waals surface area contributed by atoms with Crippen LogP contribution in [0.25, 0.3) is 10.9 Å². The summed E-state index contributed by atoms with van der Waals surface area (Å²) >= 11 is 0. The predicted molar refractivity (Wildman–Crippen MR) is 86.7 cm³/mol. The highest BCUT2D eigenvalue weighted by atomic mass is 16.2. The van der Waals surface area contributed by atoms with Crippen LogP contribution in [-0.4, -0.2) is 29.4 Å². The van der Waals surface area contributed by atoms with Gasteiger partial charge in [0.2, 0.25) is 0 Å². The first-order valence-electron chi connectivity index (χ1n) is 7.90. The van der Waals surface area contributed by atoms with Gasteiger partial charge in [-0.05, 0) is 56.4 Å². The van der Waals surface area contributed by atoms with Crippen LogP contribution in [0.1, 0.15) is 47.3 Å². The Labute approximate surface area is 126 Å². The van der Waals surface area contributed by atoms with Crippen LogP contribution >= 0.6 is 0 Å². The van der Waals surface area contributed by atoms with Crippen molar-refractivity contribution in [3.05, 3.63) is 35.0 Å². The summed E-state index contributed by atoms with van der Waals surface area (Å²) in [6.45, 7) is 5.07. The molecule has 21 heavy (non-hydrogen) atoms. The third-order valence-corrected chi connectivity index (χ3v) is 4.91. The molecule has 0 radical (unpaired) electrons. The maximum Gasteiger partial charge on any atom is 0.253 e. The molecule has 1 aliphatic rings. The summed E-state index contributed by atoms with van der Waals surface area (Å²) < 4.78 is 0. The fraction of sp³-hybridized carbons (Fsp3) is 0.500. The lowest BCUT2D eigenvalue weighted by atomic mass is 10.1. The molecule has 1 heterocycles. The Morgan fingerprint density at radius 3 is 2.71 bits per heavy atom. The second kappa shape index (κ2) is 5.55. The molecule has 1 aromatic heterocycles. The smallest absolute Gasteiger partial charge is 0.253 e. The Morgan fingerprint density at radius 1 is 1.29 bits per heavy atom. The lowest BCUT2D eigenvalue weighted by Gasteiger charge is -2.21. The van der Waals surface area contributed by atoms with E-state index in [1.54, 1.807) is 0 Å². The number of aromatic nitrogens is 1. The van der Waals surface area contributed by atoms with Gasteiger partial charge in [0.25, 0.3) is 5.91 Å². The minimum absolute atomic E-state index is 0.141. The molecule has 3 rings (SSSR count). The number of aromatic amines is 1. The quantitative estimate of drug-likeness (QED) is 0.907. The van der Waals surface area contributed by atoms with Crippen LogP contribution in [0.5, 0.6) is 0 Å². The minimum atomic E-state index is 0.141. The number of hydrogen-bond acceptors (Lipinski definition) is 1. The zero-order valence-corrected chi connectivity index (χ0v) is 13.2. The summed E-state index contributed by atoms with van der Waals surface area (Å²) in [4.78, 5) is 17.9. The molecular weight excluding hydrogens is 260 g/mol. The third kappa shape index (κ3) is 2.69. The molecule has 112 valence electrons. The highest BCUT2D eigenvalue weighted by Gasteiger charge is 2.20. The Bertz CT molecular complexity index is 665. The molecule has 0 spiro atoms. The maximum atomic E-state index is 12.6. The van der Waals surface area contributed by atoms with E-state index in [4.69, 9.17) is 0 Å². The zero-order chi connectivity index (χ0) is 15.0. The van der Waals surface area contributed by atoms with Crippen molar-refractivity contribution < 1.29 is 4.79 Å². The zero-order valence-electron chi connectivity index (χ0n) is 13.2. The van der Waals surface area contributed by atoms with E-state index in [0.29, 0.717) is 5.92 Å². The van der Waals surface area contributed by atoms with Gasteiger partial charge >= 0.3 is 0 Å². The van der Waals surface area contributed by atoms with E-state index in [1.165, 1.54) is 36.9 Å². The van der Waals surface area contributed by atoms with Crippen molar-refractivity contribution in [3.8, 4) is 0 Å². The van der Waals surface area contributed by atoms with Crippen LogP contribution in [0.2, 0.25) is 0 Å². The maximum absolute atomic E-state index is 12.6. The van der Waals surface area contributed by atoms with Crippen LogP contribution in [0, 0.1) is 19.8 Å². The van der Waals surface area contributed by atoms with Gasteiger partial charge in [0.1, 0.15) is 0 Å². The van der Waals surface area contributed by atoms with Gasteiger partial charge in [-0.25, -0.2) is 0 Å². The second-order valence-corrected chi connectivity index (χ2v) is 6.47. The highest BCUT2D eigenvalue weighted by molar-refractivity contribution is 5.98. The van der Waals surface area contributed by atoms with E-state index in [-0.39, 0.29) is 5.91 Å². The first kappa shape index (κ1) is 14.2. The van der Waals surface area contributed by atoms with Gasteiger partial charge in [-0.2, -0.15) is 0 Å². The number of hydrogen-bond donors (Lipinski definition) is 1. The van der Waals surface area contributed by atoms with Crippen molar-refractivity contribution in [2.45, 2.75) is 39.5 Å². The summed E-state index contributed by atoms with van der Waals surface area (Å²) in [5, 5.41) is 1.16. The Hall–Kier alpha value is -1.77. The number of carbonyl (C=O) groups excluding carboxylic acids is 1. The monoisotopic (exact) mass is 284 g/mol. The fourth-order valence-corrected chi connectivity index (χ4v) is 3.48. The lowest BCUT2D eigenvalue weighted by Crippen LogP contribution is -2.31. The highest BCUT2D eigenvalue weighted by Crippen LogP contribution is 2.26. The molecular formula is C18H24N2O. The molecule has 0 unspecified atom stereocenters. The van der Waals surface area contributed by atoms with Gasteiger partial charge in [0, 0.05) is 35.8 Å². The molecule has 3 nitrogen and oxygen atoms in total. The Kier molecular flexibility index (Phi) is 3.75. The van der Waals surface area contributed by atoms with Crippen molar-refractivity contribution in [3.63, 3.8) is 0 Å². The largest absolute Gasteiger partial charge is 0.358 e. The van der Waals surface area contributed by atoms with Crippen LogP contribution in [-0.2, 0) is 0 Å². The van der Waals surface area contributed by atoms with Crippen molar-refractivity contribution in [2.75, 3.05) is 13.6 Å². The first-order chi connectivity index (χ1) is 10.1. The van der Waals surface area contributed by atoms with Gasteiger partial charge in [-0.15, -0.1) is 0 Å². The minimum Gasteiger partial charge on any atom is -0.358 e. The number of aryl methyl sites for hydroxylation is 2. The molecule has 2 aromatic rings. The average Bonchev–Trinajstić information content (AvgIpc) is 3.07. The SMILES string of the molecule is Cc1[nH]c2ccc(C(=O)N(C)CC3CCCC3)cc2c1C. The normalized spacial score (nSPS) is 15.8. The van der Waals surface area contributed by atoms with E-state index in [0.717, 1.165) is 23.0 Å². The molecule has 0 bridgehead atoms. The van der Waals surface area contributed by atoms with E-state index < -0.39 is 0 Å². The number of H-pyrrole nitrogens is 1. The number of amides is 1. The van der Waals surface area contributed by atoms with Crippen molar-refractivity contribution in [1.82, 2.24) is 9.88 Å². The molecule has 0 saturated heterocycles. The third-order valence-electron chi connectivity index (χ3n) is 4.91. The fourth-order valence-electron chi connectivity index (χ4n) is 3.48.